The summed E-state index contributed by atoms with van der Waals surface area (Å²) in [6.45, 7) is 3.65. The number of hydrogen-bond donors (Lipinski definition) is 3. The van der Waals surface area contributed by atoms with Crippen molar-refractivity contribution in [3.63, 3.8) is 0 Å². The largest absolute Gasteiger partial charge is 0.490 e. The Morgan fingerprint density at radius 2 is 1.65 bits per heavy atom. The number of anilines is 1. The average Bonchev–Trinajstić information content (AvgIpc) is 2.92. The van der Waals surface area contributed by atoms with Crippen molar-refractivity contribution in [3.8, 4) is 17.4 Å². The molecule has 3 N–H and O–H groups in total. The van der Waals surface area contributed by atoms with E-state index in [4.69, 9.17) is 14.2 Å². The number of para-hydroxylation sites is 1. The number of carbonyl (C=O) groups excluding carboxylic acids is 2. The van der Waals surface area contributed by atoms with Crippen molar-refractivity contribution < 1.29 is 33.7 Å². The minimum atomic E-state index is -1.11. The van der Waals surface area contributed by atoms with Gasteiger partial charge in [0, 0.05) is 18.3 Å². The number of alkyl carbamates (subject to hydrolysis) is 1. The van der Waals surface area contributed by atoms with Gasteiger partial charge >= 0.3 is 12.1 Å². The first-order valence-corrected chi connectivity index (χ1v) is 13.2. The highest BCUT2D eigenvalue weighted by Crippen LogP contribution is 2.27. The van der Waals surface area contributed by atoms with Crippen LogP contribution in [0.2, 0.25) is 0 Å². The van der Waals surface area contributed by atoms with Gasteiger partial charge in [-0.25, -0.2) is 14.6 Å². The zero-order valence-electron chi connectivity index (χ0n) is 22.5. The Morgan fingerprint density at radius 1 is 0.950 bits per heavy atom. The number of amides is 2. The van der Waals surface area contributed by atoms with Gasteiger partial charge in [0.1, 0.15) is 11.5 Å². The van der Waals surface area contributed by atoms with Crippen LogP contribution in [-0.2, 0) is 16.0 Å². The van der Waals surface area contributed by atoms with Gasteiger partial charge in [-0.1, -0.05) is 18.2 Å². The number of carboxylic acid groups (broad SMARTS) is 1. The van der Waals surface area contributed by atoms with Crippen LogP contribution in [0.15, 0.2) is 66.9 Å². The molecule has 0 saturated heterocycles. The summed E-state index contributed by atoms with van der Waals surface area (Å²) >= 11 is 0. The summed E-state index contributed by atoms with van der Waals surface area (Å²) in [4.78, 5) is 39.8. The summed E-state index contributed by atoms with van der Waals surface area (Å²) in [7, 11) is 0. The van der Waals surface area contributed by atoms with Gasteiger partial charge in [-0.2, -0.15) is 0 Å². The standard InChI is InChI=1S/C30H33N3O7/c1-19(2)38-30(37)32-21-8-10-22(11-9-21)39-23-12-14-24(15-13-23)40-28-16-7-20(18-31-28)17-27(34)33-26-6-4-3-5-25(26)29(35)36/h3-7,12-16,18-19,21-22H,8-11,17H2,1-2H3,(H,32,37)(H,33,34)(H,35,36). The Morgan fingerprint density at radius 3 is 2.30 bits per heavy atom. The molecule has 0 aliphatic heterocycles. The van der Waals surface area contributed by atoms with Crippen molar-refractivity contribution in [2.75, 3.05) is 5.32 Å². The lowest BCUT2D eigenvalue weighted by Gasteiger charge is -2.29. The Labute approximate surface area is 232 Å². The number of rotatable bonds is 10. The predicted octanol–water partition coefficient (Wildman–Crippen LogP) is 5.58. The Hall–Kier alpha value is -4.60. The molecule has 10 nitrogen and oxygen atoms in total. The molecule has 0 radical (unpaired) electrons. The molecule has 0 unspecified atom stereocenters. The summed E-state index contributed by atoms with van der Waals surface area (Å²) in [6.07, 6.45) is 4.49. The number of benzene rings is 2. The van der Waals surface area contributed by atoms with Crippen molar-refractivity contribution in [2.45, 2.75) is 64.2 Å². The molecule has 3 aromatic rings. The zero-order valence-corrected chi connectivity index (χ0v) is 22.5. The van der Waals surface area contributed by atoms with Crippen LogP contribution in [0.4, 0.5) is 10.5 Å². The van der Waals surface area contributed by atoms with E-state index >= 15 is 0 Å². The summed E-state index contributed by atoms with van der Waals surface area (Å²) in [5.74, 6) is 0.240. The van der Waals surface area contributed by atoms with Gasteiger partial charge in [-0.05, 0) is 81.5 Å². The molecular formula is C30H33N3O7. The number of carboxylic acids is 1. The molecule has 1 aromatic heterocycles. The zero-order chi connectivity index (χ0) is 28.5. The van der Waals surface area contributed by atoms with E-state index in [0.29, 0.717) is 17.2 Å². The summed E-state index contributed by atoms with van der Waals surface area (Å²) in [5.41, 5.74) is 0.927. The maximum atomic E-state index is 12.4. The fourth-order valence-corrected chi connectivity index (χ4v) is 4.37. The highest BCUT2D eigenvalue weighted by Gasteiger charge is 2.24. The van der Waals surface area contributed by atoms with E-state index in [9.17, 15) is 19.5 Å². The molecule has 1 saturated carbocycles. The van der Waals surface area contributed by atoms with Crippen LogP contribution in [0, 0.1) is 0 Å². The monoisotopic (exact) mass is 547 g/mol. The van der Waals surface area contributed by atoms with E-state index in [2.05, 4.69) is 15.6 Å². The molecule has 4 rings (SSSR count). The summed E-state index contributed by atoms with van der Waals surface area (Å²) in [5, 5.41) is 14.8. The Bertz CT molecular complexity index is 1300. The van der Waals surface area contributed by atoms with E-state index in [0.717, 1.165) is 31.4 Å². The van der Waals surface area contributed by atoms with Gasteiger partial charge < -0.3 is 30.0 Å². The van der Waals surface area contributed by atoms with Crippen LogP contribution >= 0.6 is 0 Å². The normalized spacial score (nSPS) is 16.6. The number of pyridine rings is 1. The molecule has 1 aliphatic rings. The minimum Gasteiger partial charge on any atom is -0.490 e. The van der Waals surface area contributed by atoms with E-state index in [-0.39, 0.29) is 47.9 Å². The number of aromatic nitrogens is 1. The van der Waals surface area contributed by atoms with Crippen LogP contribution in [0.1, 0.15) is 55.5 Å². The second-order valence-electron chi connectivity index (χ2n) is 9.84. The first-order chi connectivity index (χ1) is 19.2. The molecule has 210 valence electrons. The second kappa shape index (κ2) is 13.5. The second-order valence-corrected chi connectivity index (χ2v) is 9.84. The molecule has 1 aliphatic carbocycles. The maximum absolute atomic E-state index is 12.4. The number of aromatic carboxylic acids is 1. The molecule has 2 aromatic carbocycles. The summed E-state index contributed by atoms with van der Waals surface area (Å²) < 4.78 is 17.1. The summed E-state index contributed by atoms with van der Waals surface area (Å²) in [6, 6.07) is 17.0. The first-order valence-electron chi connectivity index (χ1n) is 13.2. The fraction of sp³-hybridized carbons (Fsp3) is 0.333. The lowest BCUT2D eigenvalue weighted by molar-refractivity contribution is -0.115. The van der Waals surface area contributed by atoms with Crippen LogP contribution in [0.3, 0.4) is 0 Å². The smallest absolute Gasteiger partial charge is 0.407 e. The first kappa shape index (κ1) is 28.4. The van der Waals surface area contributed by atoms with Crippen LogP contribution in [0.5, 0.6) is 17.4 Å². The molecule has 0 bridgehead atoms. The lowest BCUT2D eigenvalue weighted by Crippen LogP contribution is -2.40. The van der Waals surface area contributed by atoms with Gasteiger partial charge in [-0.15, -0.1) is 0 Å². The third-order valence-electron chi connectivity index (χ3n) is 6.28. The van der Waals surface area contributed by atoms with E-state index < -0.39 is 5.97 Å². The minimum absolute atomic E-state index is 0.0274. The molecule has 1 fully saturated rings. The van der Waals surface area contributed by atoms with Gasteiger partial charge in [0.15, 0.2) is 0 Å². The molecule has 1 heterocycles. The van der Waals surface area contributed by atoms with E-state index in [1.54, 1.807) is 48.7 Å². The molecule has 0 spiro atoms. The predicted molar refractivity (Wildman–Crippen MR) is 148 cm³/mol. The molecular weight excluding hydrogens is 514 g/mol. The highest BCUT2D eigenvalue weighted by molar-refractivity contribution is 6.00. The number of nitrogens with zero attached hydrogens (tertiary/aromatic N) is 1. The topological polar surface area (TPSA) is 136 Å². The fourth-order valence-electron chi connectivity index (χ4n) is 4.37. The van der Waals surface area contributed by atoms with Crippen molar-refractivity contribution in [2.24, 2.45) is 0 Å². The van der Waals surface area contributed by atoms with E-state index in [1.807, 2.05) is 26.0 Å². The SMILES string of the molecule is CC(C)OC(=O)NC1CCC(Oc2ccc(Oc3ccc(CC(=O)Nc4ccccc4C(=O)O)cn3)cc2)CC1. The van der Waals surface area contributed by atoms with Gasteiger partial charge in [0.05, 0.1) is 29.9 Å². The number of carbonyl (C=O) groups is 3. The Balaban J connectivity index is 1.22. The maximum Gasteiger partial charge on any atom is 0.407 e. The van der Waals surface area contributed by atoms with Gasteiger partial charge in [-0.3, -0.25) is 4.79 Å². The third kappa shape index (κ3) is 8.45. The Kier molecular flexibility index (Phi) is 9.56. The molecule has 0 atom stereocenters. The molecule has 10 heteroatoms. The number of ether oxygens (including phenoxy) is 3. The van der Waals surface area contributed by atoms with Gasteiger partial charge in [0.25, 0.3) is 0 Å². The number of nitrogens with one attached hydrogen (secondary N) is 2. The highest BCUT2D eigenvalue weighted by atomic mass is 16.6. The third-order valence-corrected chi connectivity index (χ3v) is 6.28. The van der Waals surface area contributed by atoms with Gasteiger partial charge in [0.2, 0.25) is 11.8 Å². The van der Waals surface area contributed by atoms with Crippen molar-refractivity contribution in [3.05, 3.63) is 78.0 Å². The molecule has 40 heavy (non-hydrogen) atoms. The van der Waals surface area contributed by atoms with E-state index in [1.165, 1.54) is 6.07 Å². The molecule has 2 amide bonds. The van der Waals surface area contributed by atoms with Crippen molar-refractivity contribution in [1.29, 1.82) is 0 Å². The number of hydrogen-bond acceptors (Lipinski definition) is 7. The van der Waals surface area contributed by atoms with Crippen LogP contribution in [-0.4, -0.2) is 46.3 Å². The van der Waals surface area contributed by atoms with Crippen molar-refractivity contribution >= 4 is 23.7 Å². The van der Waals surface area contributed by atoms with Crippen molar-refractivity contribution in [1.82, 2.24) is 10.3 Å². The lowest BCUT2D eigenvalue weighted by atomic mass is 9.93. The average molecular weight is 548 g/mol. The van der Waals surface area contributed by atoms with Crippen LogP contribution in [0.25, 0.3) is 0 Å². The van der Waals surface area contributed by atoms with Crippen LogP contribution < -0.4 is 20.1 Å². The quantitative estimate of drug-likeness (QED) is 0.299.